The van der Waals surface area contributed by atoms with E-state index >= 15 is 0 Å². The van der Waals surface area contributed by atoms with Crippen molar-refractivity contribution in [2.75, 3.05) is 18.7 Å². The number of hydrogen-bond acceptors (Lipinski definition) is 3. The number of alkyl halides is 5. The lowest BCUT2D eigenvalue weighted by molar-refractivity contribution is -0.137. The van der Waals surface area contributed by atoms with Crippen molar-refractivity contribution in [1.82, 2.24) is 5.32 Å². The molecule has 1 heterocycles. The molecule has 0 fully saturated rings. The second kappa shape index (κ2) is 8.81. The van der Waals surface area contributed by atoms with E-state index in [1.807, 2.05) is 6.07 Å². The Bertz CT molecular complexity index is 1040. The molecule has 0 spiro atoms. The number of hydrogen-bond donors (Lipinski definition) is 3. The average Bonchev–Trinajstić information content (AvgIpc) is 2.78. The van der Waals surface area contributed by atoms with E-state index in [0.29, 0.717) is 31.0 Å². The summed E-state index contributed by atoms with van der Waals surface area (Å²) >= 11 is 0. The van der Waals surface area contributed by atoms with Gasteiger partial charge in [-0.15, -0.1) is 0 Å². The first-order valence-corrected chi connectivity index (χ1v) is 10.5. The molecule has 0 aromatic heterocycles. The number of fused-ring (bicyclic) bond motifs is 2. The predicted octanol–water partition coefficient (Wildman–Crippen LogP) is 4.88. The molecule has 2 aromatic carbocycles. The molecule has 0 radical (unpaired) electrons. The predicted molar refractivity (Wildman–Crippen MR) is 111 cm³/mol. The summed E-state index contributed by atoms with van der Waals surface area (Å²) in [6.07, 6.45) is -3.82. The number of nitrogens with one attached hydrogen (secondary N) is 2. The van der Waals surface area contributed by atoms with Gasteiger partial charge in [0.1, 0.15) is 19.1 Å². The normalized spacial score (nSPS) is 21.4. The molecule has 10 heteroatoms. The lowest BCUT2D eigenvalue weighted by atomic mass is 9.88. The van der Waals surface area contributed by atoms with E-state index in [2.05, 4.69) is 10.6 Å². The molecular formula is C23H23F5N2O3. The Balaban J connectivity index is 1.59. The third-order valence-corrected chi connectivity index (χ3v) is 6.12. The van der Waals surface area contributed by atoms with Gasteiger partial charge in [0.15, 0.2) is 5.60 Å². The number of anilines is 1. The third kappa shape index (κ3) is 4.75. The van der Waals surface area contributed by atoms with Crippen molar-refractivity contribution in [2.24, 2.45) is 0 Å². The van der Waals surface area contributed by atoms with E-state index in [4.69, 9.17) is 4.74 Å². The fourth-order valence-corrected chi connectivity index (χ4v) is 4.38. The maximum Gasteiger partial charge on any atom is 0.416 e. The van der Waals surface area contributed by atoms with Crippen LogP contribution in [0.1, 0.15) is 41.1 Å². The summed E-state index contributed by atoms with van der Waals surface area (Å²) < 4.78 is 72.1. The van der Waals surface area contributed by atoms with Gasteiger partial charge in [-0.3, -0.25) is 0 Å². The standard InChI is InChI=1S/C23H23F5N2O3/c24-11-22(12-25)10-19(16-7-5-14(23(26,27)28)8-20(16)33-22)30-21(32)29-18-3-1-2-13-4-6-15(31)9-17(13)18/h1-3,5,7-8,15,19,31H,4,6,9-12H2,(H2,29,30,32)/t15-,19+/m0/s1. The summed E-state index contributed by atoms with van der Waals surface area (Å²) in [5.41, 5.74) is -0.525. The highest BCUT2D eigenvalue weighted by Gasteiger charge is 2.43. The average molecular weight is 470 g/mol. The number of aryl methyl sites for hydroxylation is 1. The van der Waals surface area contributed by atoms with Gasteiger partial charge in [0, 0.05) is 24.1 Å². The Kier molecular flexibility index (Phi) is 6.22. The second-order valence-electron chi connectivity index (χ2n) is 8.50. The summed E-state index contributed by atoms with van der Waals surface area (Å²) in [5, 5.41) is 15.3. The maximum absolute atomic E-state index is 13.7. The van der Waals surface area contributed by atoms with Gasteiger partial charge in [0.2, 0.25) is 0 Å². The second-order valence-corrected chi connectivity index (χ2v) is 8.50. The lowest BCUT2D eigenvalue weighted by Gasteiger charge is -2.39. The highest BCUT2D eigenvalue weighted by Crippen LogP contribution is 2.43. The van der Waals surface area contributed by atoms with E-state index in [1.165, 1.54) is 0 Å². The minimum atomic E-state index is -4.67. The van der Waals surface area contributed by atoms with Crippen molar-refractivity contribution in [2.45, 2.75) is 49.6 Å². The molecule has 178 valence electrons. The Labute approximate surface area is 186 Å². The summed E-state index contributed by atoms with van der Waals surface area (Å²) in [5.74, 6) is -0.322. The van der Waals surface area contributed by atoms with Crippen LogP contribution in [-0.4, -0.2) is 36.2 Å². The van der Waals surface area contributed by atoms with Crippen molar-refractivity contribution in [3.05, 3.63) is 58.7 Å². The number of carbonyl (C=O) groups is 1. The smallest absolute Gasteiger partial charge is 0.416 e. The van der Waals surface area contributed by atoms with E-state index in [-0.39, 0.29) is 17.7 Å². The quantitative estimate of drug-likeness (QED) is 0.558. The molecule has 2 aliphatic rings. The Morgan fingerprint density at radius 2 is 1.94 bits per heavy atom. The first-order valence-electron chi connectivity index (χ1n) is 10.5. The highest BCUT2D eigenvalue weighted by molar-refractivity contribution is 5.90. The molecule has 0 saturated heterocycles. The van der Waals surface area contributed by atoms with Crippen LogP contribution >= 0.6 is 0 Å². The van der Waals surface area contributed by atoms with Gasteiger partial charge in [-0.2, -0.15) is 13.2 Å². The van der Waals surface area contributed by atoms with Gasteiger partial charge < -0.3 is 20.5 Å². The fourth-order valence-electron chi connectivity index (χ4n) is 4.38. The lowest BCUT2D eigenvalue weighted by Crippen LogP contribution is -2.49. The monoisotopic (exact) mass is 470 g/mol. The van der Waals surface area contributed by atoms with Crippen molar-refractivity contribution >= 4 is 11.7 Å². The summed E-state index contributed by atoms with van der Waals surface area (Å²) in [6, 6.07) is 6.36. The fraction of sp³-hybridized carbons (Fsp3) is 0.435. The number of urea groups is 1. The molecule has 2 atom stereocenters. The van der Waals surface area contributed by atoms with Gasteiger partial charge in [-0.05, 0) is 42.2 Å². The Hall–Kier alpha value is -2.88. The van der Waals surface area contributed by atoms with E-state index in [9.17, 15) is 31.9 Å². The van der Waals surface area contributed by atoms with E-state index in [1.54, 1.807) is 12.1 Å². The van der Waals surface area contributed by atoms with Crippen LogP contribution in [0, 0.1) is 0 Å². The van der Waals surface area contributed by atoms with Gasteiger partial charge in [-0.1, -0.05) is 18.2 Å². The number of carbonyl (C=O) groups excluding carboxylic acids is 1. The van der Waals surface area contributed by atoms with Crippen molar-refractivity contribution in [3.63, 3.8) is 0 Å². The molecule has 1 aliphatic heterocycles. The zero-order chi connectivity index (χ0) is 23.8. The zero-order valence-electron chi connectivity index (χ0n) is 17.5. The van der Waals surface area contributed by atoms with Crippen LogP contribution in [-0.2, 0) is 19.0 Å². The number of aliphatic hydroxyl groups is 1. The summed E-state index contributed by atoms with van der Waals surface area (Å²) in [4.78, 5) is 12.8. The third-order valence-electron chi connectivity index (χ3n) is 6.12. The number of ether oxygens (including phenoxy) is 1. The molecule has 1 aliphatic carbocycles. The minimum Gasteiger partial charge on any atom is -0.481 e. The zero-order valence-corrected chi connectivity index (χ0v) is 17.5. The van der Waals surface area contributed by atoms with Crippen LogP contribution in [0.25, 0.3) is 0 Å². The molecule has 5 nitrogen and oxygen atoms in total. The van der Waals surface area contributed by atoms with Crippen LogP contribution < -0.4 is 15.4 Å². The van der Waals surface area contributed by atoms with Gasteiger partial charge in [-0.25, -0.2) is 13.6 Å². The molecule has 3 N–H and O–H groups in total. The number of amides is 2. The van der Waals surface area contributed by atoms with Crippen LogP contribution in [0.15, 0.2) is 36.4 Å². The first-order chi connectivity index (χ1) is 15.6. The molecule has 2 aromatic rings. The van der Waals surface area contributed by atoms with Crippen molar-refractivity contribution < 1.29 is 36.6 Å². The summed E-state index contributed by atoms with van der Waals surface area (Å²) in [6.45, 7) is -2.55. The Morgan fingerprint density at radius 1 is 1.18 bits per heavy atom. The summed E-state index contributed by atoms with van der Waals surface area (Å²) in [7, 11) is 0. The molecule has 0 saturated carbocycles. The molecule has 2 amide bonds. The molecular weight excluding hydrogens is 447 g/mol. The van der Waals surface area contributed by atoms with Crippen LogP contribution in [0.4, 0.5) is 32.4 Å². The number of rotatable bonds is 4. The Morgan fingerprint density at radius 3 is 2.64 bits per heavy atom. The minimum absolute atomic E-state index is 0.196. The van der Waals surface area contributed by atoms with E-state index in [0.717, 1.165) is 23.3 Å². The number of benzene rings is 2. The number of aliphatic hydroxyl groups excluding tert-OH is 1. The van der Waals surface area contributed by atoms with Crippen molar-refractivity contribution in [3.8, 4) is 5.75 Å². The van der Waals surface area contributed by atoms with Crippen LogP contribution in [0.5, 0.6) is 5.75 Å². The van der Waals surface area contributed by atoms with Gasteiger partial charge in [0.05, 0.1) is 17.7 Å². The topological polar surface area (TPSA) is 70.6 Å². The maximum atomic E-state index is 13.7. The molecule has 33 heavy (non-hydrogen) atoms. The molecule has 0 bridgehead atoms. The van der Waals surface area contributed by atoms with Gasteiger partial charge in [0.25, 0.3) is 0 Å². The first kappa shape index (κ1) is 23.3. The molecule has 4 rings (SSSR count). The van der Waals surface area contributed by atoms with Gasteiger partial charge >= 0.3 is 12.2 Å². The van der Waals surface area contributed by atoms with Crippen LogP contribution in [0.2, 0.25) is 0 Å². The van der Waals surface area contributed by atoms with Crippen LogP contribution in [0.3, 0.4) is 0 Å². The van der Waals surface area contributed by atoms with Crippen molar-refractivity contribution in [1.29, 1.82) is 0 Å². The number of halogens is 5. The SMILES string of the molecule is O=C(Nc1cccc2c1C[C@@H](O)CC2)N[C@@H]1CC(CF)(CF)Oc2cc(C(F)(F)F)ccc21. The largest absolute Gasteiger partial charge is 0.481 e. The molecule has 0 unspecified atom stereocenters. The highest BCUT2D eigenvalue weighted by atomic mass is 19.4. The van der Waals surface area contributed by atoms with E-state index < -0.39 is 48.9 Å².